The number of phosphoric ester groups is 1. The molecule has 2 aliphatic heterocycles. The highest BCUT2D eigenvalue weighted by Gasteiger charge is 2.40. The number of nitrogens with zero attached hydrogens (tertiary/aromatic N) is 2. The van der Waals surface area contributed by atoms with Gasteiger partial charge in [0.25, 0.3) is 0 Å². The lowest BCUT2D eigenvalue weighted by Crippen LogP contribution is -2.38. The first kappa shape index (κ1) is 30.6. The van der Waals surface area contributed by atoms with Gasteiger partial charge in [-0.3, -0.25) is 18.6 Å². The monoisotopic (exact) mass is 536 g/mol. The molecule has 204 valence electrons. The van der Waals surface area contributed by atoms with E-state index in [2.05, 4.69) is 27.7 Å². The summed E-state index contributed by atoms with van der Waals surface area (Å²) in [5, 5.41) is 10.2. The van der Waals surface area contributed by atoms with Crippen molar-refractivity contribution in [2.45, 2.75) is 84.1 Å². The first-order chi connectivity index (χ1) is 16.4. The van der Waals surface area contributed by atoms with Gasteiger partial charge >= 0.3 is 7.82 Å². The van der Waals surface area contributed by atoms with E-state index in [9.17, 15) is 24.2 Å². The van der Waals surface area contributed by atoms with Crippen LogP contribution in [0.1, 0.15) is 66.7 Å². The van der Waals surface area contributed by atoms with E-state index >= 15 is 0 Å². The number of aliphatic hydroxyl groups is 1. The van der Waals surface area contributed by atoms with E-state index in [0.29, 0.717) is 37.1 Å². The molecule has 2 rings (SSSR count). The lowest BCUT2D eigenvalue weighted by Gasteiger charge is -2.23. The van der Waals surface area contributed by atoms with Gasteiger partial charge in [0.15, 0.2) is 0 Å². The molecule has 2 aliphatic rings. The van der Waals surface area contributed by atoms with Gasteiger partial charge < -0.3 is 19.8 Å². The summed E-state index contributed by atoms with van der Waals surface area (Å²) < 4.78 is 23.4. The van der Waals surface area contributed by atoms with Crippen molar-refractivity contribution in [3.05, 3.63) is 0 Å². The van der Waals surface area contributed by atoms with Gasteiger partial charge in [-0.15, -0.1) is 0 Å². The zero-order chi connectivity index (χ0) is 26.2. The average molecular weight is 537 g/mol. The number of carbonyl (C=O) groups is 2. The summed E-state index contributed by atoms with van der Waals surface area (Å²) in [6, 6.07) is -0.425. The van der Waals surface area contributed by atoms with Crippen molar-refractivity contribution in [2.24, 2.45) is 17.8 Å². The molecule has 0 aromatic heterocycles. The van der Waals surface area contributed by atoms with Crippen molar-refractivity contribution in [3.63, 3.8) is 0 Å². The third kappa shape index (κ3) is 10.3. The smallest absolute Gasteiger partial charge is 0.394 e. The molecular formula is C24H45N2O7PS. The third-order valence-corrected chi connectivity index (χ3v) is 8.91. The first-order valence-electron chi connectivity index (χ1n) is 12.9. The molecule has 2 N–H and O–H groups in total. The maximum atomic E-state index is 12.6. The number of carbonyl (C=O) groups excluding carboxylic acids is 2. The van der Waals surface area contributed by atoms with Crippen LogP contribution in [-0.2, 0) is 23.2 Å². The number of amides is 2. The summed E-state index contributed by atoms with van der Waals surface area (Å²) in [5.74, 6) is 1.51. The average Bonchev–Trinajstić information content (AvgIpc) is 3.36. The van der Waals surface area contributed by atoms with Crippen LogP contribution in [0.5, 0.6) is 0 Å². The van der Waals surface area contributed by atoms with Gasteiger partial charge in [-0.2, -0.15) is 11.8 Å². The van der Waals surface area contributed by atoms with Crippen LogP contribution in [0.2, 0.25) is 0 Å². The number of aliphatic hydroxyl groups excluding tert-OH is 1. The summed E-state index contributed by atoms with van der Waals surface area (Å²) in [4.78, 5) is 38.8. The van der Waals surface area contributed by atoms with Crippen molar-refractivity contribution in [1.82, 2.24) is 9.80 Å². The van der Waals surface area contributed by atoms with E-state index in [-0.39, 0.29) is 49.8 Å². The lowest BCUT2D eigenvalue weighted by molar-refractivity contribution is -0.133. The Hall–Kier alpha value is -0.640. The Morgan fingerprint density at radius 2 is 1.83 bits per heavy atom. The van der Waals surface area contributed by atoms with E-state index in [0.717, 1.165) is 18.6 Å². The largest absolute Gasteiger partial charge is 0.472 e. The summed E-state index contributed by atoms with van der Waals surface area (Å²) in [6.07, 6.45) is 2.10. The van der Waals surface area contributed by atoms with Gasteiger partial charge in [-0.05, 0) is 42.1 Å². The highest BCUT2D eigenvalue weighted by atomic mass is 32.2. The van der Waals surface area contributed by atoms with Crippen LogP contribution in [-0.4, -0.2) is 87.6 Å². The minimum absolute atomic E-state index is 0.0230. The summed E-state index contributed by atoms with van der Waals surface area (Å²) in [7, 11) is -4.35. The molecule has 0 radical (unpaired) electrons. The fraction of sp³-hybridized carbons (Fsp3) is 0.917. The molecule has 5 atom stereocenters. The molecule has 2 fully saturated rings. The molecular weight excluding hydrogens is 491 g/mol. The molecule has 0 aliphatic carbocycles. The summed E-state index contributed by atoms with van der Waals surface area (Å²) >= 11 is 1.80. The molecule has 11 heteroatoms. The minimum Gasteiger partial charge on any atom is -0.394 e. The minimum atomic E-state index is -4.35. The molecule has 0 saturated carbocycles. The van der Waals surface area contributed by atoms with E-state index in [4.69, 9.17) is 9.05 Å². The Labute approximate surface area is 214 Å². The molecule has 0 aromatic carbocycles. The van der Waals surface area contributed by atoms with Crippen LogP contribution in [0.3, 0.4) is 0 Å². The number of rotatable bonds is 14. The zero-order valence-corrected chi connectivity index (χ0v) is 23.6. The maximum Gasteiger partial charge on any atom is 0.472 e. The van der Waals surface area contributed by atoms with E-state index < -0.39 is 20.0 Å². The van der Waals surface area contributed by atoms with Crippen LogP contribution in [0.15, 0.2) is 0 Å². The highest BCUT2D eigenvalue weighted by Crippen LogP contribution is 2.47. The number of phosphoric acid groups is 1. The quantitative estimate of drug-likeness (QED) is 0.256. The molecule has 0 aromatic rings. The topological polar surface area (TPSA) is 117 Å². The number of thioether (sulfide) groups is 1. The SMILES string of the molecule is CC(C)CCC(=O)N1C[C@H](COP(=O)(O)O[C@@H]2C[C@H](CO)N(C(=O)CCCSC(C)C)C2)[C@@H](C)C1. The van der Waals surface area contributed by atoms with Crippen molar-refractivity contribution < 1.29 is 33.2 Å². The summed E-state index contributed by atoms with van der Waals surface area (Å²) in [5.41, 5.74) is 0. The molecule has 2 heterocycles. The van der Waals surface area contributed by atoms with Gasteiger partial charge in [0.1, 0.15) is 0 Å². The maximum absolute atomic E-state index is 12.6. The molecule has 1 unspecified atom stereocenters. The number of hydrogen-bond acceptors (Lipinski definition) is 7. The Morgan fingerprint density at radius 1 is 1.11 bits per heavy atom. The van der Waals surface area contributed by atoms with Crippen molar-refractivity contribution in [2.75, 3.05) is 38.6 Å². The molecule has 35 heavy (non-hydrogen) atoms. The van der Waals surface area contributed by atoms with Gasteiger partial charge in [0, 0.05) is 38.4 Å². The van der Waals surface area contributed by atoms with Gasteiger partial charge in [0.05, 0.1) is 25.4 Å². The second-order valence-corrected chi connectivity index (χ2v) is 13.7. The second kappa shape index (κ2) is 14.3. The highest BCUT2D eigenvalue weighted by molar-refractivity contribution is 7.99. The van der Waals surface area contributed by atoms with Crippen LogP contribution < -0.4 is 0 Å². The van der Waals surface area contributed by atoms with Crippen molar-refractivity contribution in [1.29, 1.82) is 0 Å². The van der Waals surface area contributed by atoms with Gasteiger partial charge in [0.2, 0.25) is 11.8 Å². The van der Waals surface area contributed by atoms with Crippen LogP contribution in [0.25, 0.3) is 0 Å². The van der Waals surface area contributed by atoms with Crippen molar-refractivity contribution >= 4 is 31.4 Å². The van der Waals surface area contributed by atoms with Crippen molar-refractivity contribution in [3.8, 4) is 0 Å². The Morgan fingerprint density at radius 3 is 2.46 bits per heavy atom. The fourth-order valence-electron chi connectivity index (χ4n) is 4.55. The van der Waals surface area contributed by atoms with Crippen LogP contribution in [0.4, 0.5) is 0 Å². The number of likely N-dealkylation sites (tertiary alicyclic amines) is 2. The lowest BCUT2D eigenvalue weighted by atomic mass is 10.00. The molecule has 0 bridgehead atoms. The van der Waals surface area contributed by atoms with Gasteiger partial charge in [-0.1, -0.05) is 34.6 Å². The standard InChI is InChI=1S/C24H45N2O7PS/c1-17(2)8-9-23(28)25-12-19(5)20(13-25)16-32-34(30,31)33-22-11-21(15-27)26(14-22)24(29)7-6-10-35-18(3)4/h17-22,27H,6-16H2,1-5H3,(H,30,31)/t19-,20+,21+,22+/m0/s1. The first-order valence-corrected chi connectivity index (χ1v) is 15.4. The second-order valence-electron chi connectivity index (χ2n) is 10.6. The van der Waals surface area contributed by atoms with E-state index in [1.807, 2.05) is 11.8 Å². The normalized spacial score (nSPS) is 26.7. The van der Waals surface area contributed by atoms with Crippen LogP contribution in [0, 0.1) is 17.8 Å². The third-order valence-electron chi connectivity index (χ3n) is 6.68. The van der Waals surface area contributed by atoms with Crippen LogP contribution >= 0.6 is 19.6 Å². The molecule has 0 spiro atoms. The fourth-order valence-corrected chi connectivity index (χ4v) is 6.30. The van der Waals surface area contributed by atoms with E-state index in [1.54, 1.807) is 16.7 Å². The molecule has 9 nitrogen and oxygen atoms in total. The Balaban J connectivity index is 1.80. The zero-order valence-electron chi connectivity index (χ0n) is 21.9. The number of hydrogen-bond donors (Lipinski definition) is 2. The molecule has 2 saturated heterocycles. The Bertz CT molecular complexity index is 739. The Kier molecular flexibility index (Phi) is 12.5. The predicted molar refractivity (Wildman–Crippen MR) is 138 cm³/mol. The predicted octanol–water partition coefficient (Wildman–Crippen LogP) is 3.53. The summed E-state index contributed by atoms with van der Waals surface area (Å²) in [6.45, 7) is 11.5. The molecule has 2 amide bonds. The van der Waals surface area contributed by atoms with E-state index in [1.165, 1.54) is 0 Å². The van der Waals surface area contributed by atoms with Gasteiger partial charge in [-0.25, -0.2) is 4.57 Å².